The van der Waals surface area contributed by atoms with E-state index in [1.807, 2.05) is 0 Å². The minimum atomic E-state index is -3.62. The van der Waals surface area contributed by atoms with Gasteiger partial charge in [-0.25, -0.2) is 18.1 Å². The minimum Gasteiger partial charge on any atom is -0.389 e. The molecule has 1 heterocycles. The normalized spacial score (nSPS) is 11.4. The zero-order valence-corrected chi connectivity index (χ0v) is 13.1. The first kappa shape index (κ1) is 15.0. The first-order valence-electron chi connectivity index (χ1n) is 5.68. The van der Waals surface area contributed by atoms with Gasteiger partial charge < -0.3 is 5.73 Å². The van der Waals surface area contributed by atoms with Gasteiger partial charge in [-0.2, -0.15) is 0 Å². The average molecular weight is 327 g/mol. The van der Waals surface area contributed by atoms with Crippen molar-refractivity contribution in [3.8, 4) is 0 Å². The molecule has 3 N–H and O–H groups in total. The third-order valence-electron chi connectivity index (χ3n) is 2.66. The number of aromatic nitrogens is 1. The third kappa shape index (κ3) is 3.40. The molecular formula is C12H13N3O2S3. The molecule has 8 heteroatoms. The smallest absolute Gasteiger partial charge is 0.241 e. The van der Waals surface area contributed by atoms with Crippen LogP contribution in [-0.4, -0.2) is 18.4 Å². The summed E-state index contributed by atoms with van der Waals surface area (Å²) in [5.41, 5.74) is 6.70. The number of nitrogens with zero attached hydrogens (tertiary/aromatic N) is 1. The molecular weight excluding hydrogens is 314 g/mol. The molecule has 0 fully saturated rings. The lowest BCUT2D eigenvalue weighted by Gasteiger charge is -2.10. The number of aryl methyl sites for hydroxylation is 1. The maximum atomic E-state index is 12.3. The van der Waals surface area contributed by atoms with Crippen LogP contribution in [0.2, 0.25) is 0 Å². The van der Waals surface area contributed by atoms with E-state index in [4.69, 9.17) is 18.0 Å². The number of nitrogens with one attached hydrogen (secondary N) is 1. The number of thiocarbonyl (C=S) groups is 1. The van der Waals surface area contributed by atoms with E-state index < -0.39 is 10.0 Å². The molecule has 0 radical (unpaired) electrons. The average Bonchev–Trinajstić information content (AvgIpc) is 2.89. The fourth-order valence-corrected chi connectivity index (χ4v) is 3.65. The molecule has 0 aliphatic carbocycles. The number of sulfonamides is 1. The number of nitrogens with two attached hydrogens (primary N) is 1. The quantitative estimate of drug-likeness (QED) is 0.814. The molecule has 0 aliphatic rings. The van der Waals surface area contributed by atoms with Gasteiger partial charge in [0.1, 0.15) is 10.00 Å². The highest BCUT2D eigenvalue weighted by Crippen LogP contribution is 2.17. The van der Waals surface area contributed by atoms with Crippen LogP contribution in [0.5, 0.6) is 0 Å². The standard InChI is InChI=1S/C12H13N3O2S3/c1-8-2-3-9(12(13)18)6-10(8)20(16,17)15-7-11-14-4-5-19-11/h2-6,15H,7H2,1H3,(H2,13,18). The molecule has 0 saturated heterocycles. The second kappa shape index (κ2) is 5.96. The summed E-state index contributed by atoms with van der Waals surface area (Å²) in [6, 6.07) is 4.88. The van der Waals surface area contributed by atoms with Gasteiger partial charge in [0.15, 0.2) is 0 Å². The summed E-state index contributed by atoms with van der Waals surface area (Å²) in [5.74, 6) is 0. The van der Waals surface area contributed by atoms with Gasteiger partial charge in [-0.05, 0) is 18.6 Å². The van der Waals surface area contributed by atoms with Crippen LogP contribution < -0.4 is 10.5 Å². The Morgan fingerprint density at radius 3 is 2.85 bits per heavy atom. The van der Waals surface area contributed by atoms with Gasteiger partial charge >= 0.3 is 0 Å². The number of hydrogen-bond acceptors (Lipinski definition) is 5. The fraction of sp³-hybridized carbons (Fsp3) is 0.167. The van der Waals surface area contributed by atoms with E-state index >= 15 is 0 Å². The molecule has 106 valence electrons. The molecule has 0 atom stereocenters. The van der Waals surface area contributed by atoms with E-state index in [1.165, 1.54) is 17.4 Å². The van der Waals surface area contributed by atoms with Gasteiger partial charge in [-0.3, -0.25) is 0 Å². The monoisotopic (exact) mass is 327 g/mol. The van der Waals surface area contributed by atoms with Crippen LogP contribution in [0.15, 0.2) is 34.7 Å². The topological polar surface area (TPSA) is 85.1 Å². The lowest BCUT2D eigenvalue weighted by molar-refractivity contribution is 0.580. The predicted molar refractivity (Wildman–Crippen MR) is 83.2 cm³/mol. The van der Waals surface area contributed by atoms with E-state index in [9.17, 15) is 8.42 Å². The highest BCUT2D eigenvalue weighted by Gasteiger charge is 2.18. The SMILES string of the molecule is Cc1ccc(C(N)=S)cc1S(=O)(=O)NCc1nccs1. The molecule has 0 saturated carbocycles. The van der Waals surface area contributed by atoms with Gasteiger partial charge in [-0.1, -0.05) is 24.4 Å². The molecule has 1 aromatic carbocycles. The number of benzene rings is 1. The molecule has 0 bridgehead atoms. The zero-order chi connectivity index (χ0) is 14.8. The van der Waals surface area contributed by atoms with Crippen molar-refractivity contribution in [1.29, 1.82) is 0 Å². The van der Waals surface area contributed by atoms with Gasteiger partial charge in [0.2, 0.25) is 10.0 Å². The van der Waals surface area contributed by atoms with E-state index in [0.717, 1.165) is 0 Å². The van der Waals surface area contributed by atoms with Gasteiger partial charge in [0.05, 0.1) is 11.4 Å². The summed E-state index contributed by atoms with van der Waals surface area (Å²) in [7, 11) is -3.62. The van der Waals surface area contributed by atoms with Crippen molar-refractivity contribution in [2.24, 2.45) is 5.73 Å². The molecule has 0 amide bonds. The number of hydrogen-bond donors (Lipinski definition) is 2. The van der Waals surface area contributed by atoms with Crippen LogP contribution >= 0.6 is 23.6 Å². The molecule has 2 rings (SSSR count). The van der Waals surface area contributed by atoms with Crippen molar-refractivity contribution in [3.05, 3.63) is 45.9 Å². The van der Waals surface area contributed by atoms with Crippen LogP contribution in [0.25, 0.3) is 0 Å². The molecule has 0 unspecified atom stereocenters. The second-order valence-corrected chi connectivity index (χ2v) is 7.25. The van der Waals surface area contributed by atoms with Crippen molar-refractivity contribution < 1.29 is 8.42 Å². The van der Waals surface area contributed by atoms with Gasteiger partial charge in [-0.15, -0.1) is 11.3 Å². The molecule has 2 aromatic rings. The highest BCUT2D eigenvalue weighted by atomic mass is 32.2. The lowest BCUT2D eigenvalue weighted by Crippen LogP contribution is -2.24. The van der Waals surface area contributed by atoms with Gasteiger partial charge in [0.25, 0.3) is 0 Å². The maximum Gasteiger partial charge on any atom is 0.241 e. The molecule has 20 heavy (non-hydrogen) atoms. The van der Waals surface area contributed by atoms with Crippen molar-refractivity contribution in [2.75, 3.05) is 0 Å². The first-order chi connectivity index (χ1) is 9.40. The van der Waals surface area contributed by atoms with Crippen molar-refractivity contribution >= 4 is 38.6 Å². The predicted octanol–water partition coefficient (Wildman–Crippen LogP) is 1.56. The van der Waals surface area contributed by atoms with E-state index in [-0.39, 0.29) is 16.4 Å². The molecule has 0 aliphatic heterocycles. The van der Waals surface area contributed by atoms with Crippen LogP contribution in [0.1, 0.15) is 16.1 Å². The Balaban J connectivity index is 2.28. The Labute approximate surface area is 126 Å². The second-order valence-electron chi connectivity index (χ2n) is 4.09. The fourth-order valence-electron chi connectivity index (χ4n) is 1.62. The summed E-state index contributed by atoms with van der Waals surface area (Å²) < 4.78 is 27.1. The summed E-state index contributed by atoms with van der Waals surface area (Å²) in [6.07, 6.45) is 1.63. The van der Waals surface area contributed by atoms with Crippen LogP contribution in [0.4, 0.5) is 0 Å². The summed E-state index contributed by atoms with van der Waals surface area (Å²) >= 11 is 6.26. The number of thiazole rings is 1. The Hall–Kier alpha value is -1.35. The maximum absolute atomic E-state index is 12.3. The largest absolute Gasteiger partial charge is 0.389 e. The van der Waals surface area contributed by atoms with E-state index in [0.29, 0.717) is 16.1 Å². The van der Waals surface area contributed by atoms with Gasteiger partial charge in [0, 0.05) is 17.1 Å². The Bertz CT molecular complexity index is 724. The number of rotatable bonds is 5. The molecule has 1 aromatic heterocycles. The highest BCUT2D eigenvalue weighted by molar-refractivity contribution is 7.89. The minimum absolute atomic E-state index is 0.163. The van der Waals surface area contributed by atoms with Crippen LogP contribution in [0.3, 0.4) is 0 Å². The summed E-state index contributed by atoms with van der Waals surface area (Å²) in [5, 5.41) is 2.50. The zero-order valence-electron chi connectivity index (χ0n) is 10.7. The first-order valence-corrected chi connectivity index (χ1v) is 8.46. The molecule has 0 spiro atoms. The third-order valence-corrected chi connectivity index (χ3v) is 5.22. The lowest BCUT2D eigenvalue weighted by atomic mass is 10.1. The van der Waals surface area contributed by atoms with E-state index in [1.54, 1.807) is 30.6 Å². The Morgan fingerprint density at radius 2 is 2.25 bits per heavy atom. The summed E-state index contributed by atoms with van der Waals surface area (Å²) in [4.78, 5) is 4.38. The summed E-state index contributed by atoms with van der Waals surface area (Å²) in [6.45, 7) is 1.89. The van der Waals surface area contributed by atoms with Crippen LogP contribution in [-0.2, 0) is 16.6 Å². The van der Waals surface area contributed by atoms with Crippen molar-refractivity contribution in [3.63, 3.8) is 0 Å². The Morgan fingerprint density at radius 1 is 1.50 bits per heavy atom. The van der Waals surface area contributed by atoms with E-state index in [2.05, 4.69) is 9.71 Å². The molecule has 5 nitrogen and oxygen atoms in total. The van der Waals surface area contributed by atoms with Crippen molar-refractivity contribution in [1.82, 2.24) is 9.71 Å². The van der Waals surface area contributed by atoms with Crippen LogP contribution in [0, 0.1) is 6.92 Å². The Kier molecular flexibility index (Phi) is 4.48. The van der Waals surface area contributed by atoms with Crippen molar-refractivity contribution in [2.45, 2.75) is 18.4 Å².